The molecule has 0 bridgehead atoms. The summed E-state index contributed by atoms with van der Waals surface area (Å²) in [6.45, 7) is 0.126. The van der Waals surface area contributed by atoms with Crippen LogP contribution in [0.15, 0.2) is 53.5 Å². The quantitative estimate of drug-likeness (QED) is 0.607. The maximum Gasteiger partial charge on any atom is 0.188 e. The molecule has 0 amide bonds. The molecule has 0 aliphatic rings. The van der Waals surface area contributed by atoms with E-state index in [4.69, 9.17) is 16.3 Å². The van der Waals surface area contributed by atoms with Crippen LogP contribution in [0.4, 0.5) is 0 Å². The predicted molar refractivity (Wildman–Crippen MR) is 77.4 cm³/mol. The lowest BCUT2D eigenvalue weighted by Crippen LogP contribution is -1.94. The van der Waals surface area contributed by atoms with Gasteiger partial charge in [0.05, 0.1) is 10.2 Å². The standard InChI is InChI=1S/C14H10ClNOS/c15-14-12(11-5-2-1-3-6-11)7-4-8-13(14)17-9-16-10-18/h1-8H,9H2. The molecule has 2 aromatic carbocycles. The van der Waals surface area contributed by atoms with Crippen LogP contribution in [0.3, 0.4) is 0 Å². The van der Waals surface area contributed by atoms with Gasteiger partial charge in [0.1, 0.15) is 5.75 Å². The maximum absolute atomic E-state index is 6.31. The minimum Gasteiger partial charge on any atom is -0.469 e. The number of hydrogen-bond donors (Lipinski definition) is 0. The van der Waals surface area contributed by atoms with E-state index in [0.717, 1.165) is 11.1 Å². The van der Waals surface area contributed by atoms with Crippen molar-refractivity contribution in [2.75, 3.05) is 6.73 Å². The lowest BCUT2D eigenvalue weighted by Gasteiger charge is -2.09. The molecule has 2 rings (SSSR count). The highest BCUT2D eigenvalue weighted by Crippen LogP contribution is 2.34. The molecule has 2 aromatic rings. The van der Waals surface area contributed by atoms with E-state index in [1.165, 1.54) is 0 Å². The first-order valence-corrected chi connectivity index (χ1v) is 6.12. The Hall–Kier alpha value is -1.67. The van der Waals surface area contributed by atoms with Gasteiger partial charge in [0.15, 0.2) is 6.73 Å². The van der Waals surface area contributed by atoms with Crippen molar-refractivity contribution in [2.45, 2.75) is 0 Å². The molecule has 0 spiro atoms. The summed E-state index contributed by atoms with van der Waals surface area (Å²) in [5.74, 6) is 0.590. The zero-order chi connectivity index (χ0) is 12.8. The zero-order valence-electron chi connectivity index (χ0n) is 9.47. The van der Waals surface area contributed by atoms with Crippen LogP contribution in [-0.2, 0) is 0 Å². The lowest BCUT2D eigenvalue weighted by molar-refractivity contribution is 0.333. The van der Waals surface area contributed by atoms with Gasteiger partial charge in [-0.25, -0.2) is 0 Å². The number of aliphatic imine (C=N–C) groups is 1. The van der Waals surface area contributed by atoms with Gasteiger partial charge in [-0.2, -0.15) is 4.99 Å². The second kappa shape index (κ2) is 6.31. The van der Waals surface area contributed by atoms with Crippen molar-refractivity contribution in [1.29, 1.82) is 0 Å². The van der Waals surface area contributed by atoms with Crippen LogP contribution in [0.2, 0.25) is 5.02 Å². The van der Waals surface area contributed by atoms with E-state index in [9.17, 15) is 0 Å². The van der Waals surface area contributed by atoms with Crippen LogP contribution in [0.5, 0.6) is 5.75 Å². The summed E-state index contributed by atoms with van der Waals surface area (Å²) in [6.07, 6.45) is 0. The molecule has 0 aliphatic heterocycles. The molecule has 0 aliphatic carbocycles. The molecule has 0 radical (unpaired) electrons. The second-order valence-corrected chi connectivity index (χ2v) is 4.07. The fraction of sp³-hybridized carbons (Fsp3) is 0.0714. The van der Waals surface area contributed by atoms with Gasteiger partial charge in [0.2, 0.25) is 0 Å². The molecule has 2 nitrogen and oxygen atoms in total. The minimum absolute atomic E-state index is 0.126. The maximum atomic E-state index is 6.31. The number of nitrogens with zero attached hydrogens (tertiary/aromatic N) is 1. The van der Waals surface area contributed by atoms with Crippen molar-refractivity contribution in [1.82, 2.24) is 0 Å². The van der Waals surface area contributed by atoms with Crippen molar-refractivity contribution >= 4 is 29.0 Å². The topological polar surface area (TPSA) is 21.6 Å². The average Bonchev–Trinajstić information content (AvgIpc) is 2.42. The third kappa shape index (κ3) is 2.96. The number of isothiocyanates is 1. The van der Waals surface area contributed by atoms with Crippen LogP contribution < -0.4 is 4.74 Å². The van der Waals surface area contributed by atoms with E-state index in [1.54, 1.807) is 6.07 Å². The smallest absolute Gasteiger partial charge is 0.188 e. The molecule has 0 unspecified atom stereocenters. The number of ether oxygens (including phenoxy) is 1. The SMILES string of the molecule is S=C=NCOc1cccc(-c2ccccc2)c1Cl. The van der Waals surface area contributed by atoms with Crippen LogP contribution in [0, 0.1) is 0 Å². The van der Waals surface area contributed by atoms with E-state index >= 15 is 0 Å². The molecular formula is C14H10ClNOS. The van der Waals surface area contributed by atoms with Crippen molar-refractivity contribution in [3.8, 4) is 16.9 Å². The Morgan fingerprint density at radius 3 is 2.61 bits per heavy atom. The van der Waals surface area contributed by atoms with Crippen LogP contribution in [0.25, 0.3) is 11.1 Å². The summed E-state index contributed by atoms with van der Waals surface area (Å²) in [6, 6.07) is 15.5. The molecule has 4 heteroatoms. The first-order chi connectivity index (χ1) is 8.83. The molecule has 0 saturated carbocycles. The molecule has 0 saturated heterocycles. The summed E-state index contributed by atoms with van der Waals surface area (Å²) < 4.78 is 5.41. The fourth-order valence-corrected chi connectivity index (χ4v) is 1.93. The van der Waals surface area contributed by atoms with Crippen LogP contribution in [0.1, 0.15) is 0 Å². The van der Waals surface area contributed by atoms with Gasteiger partial charge < -0.3 is 4.74 Å². The third-order valence-electron chi connectivity index (χ3n) is 2.40. The van der Waals surface area contributed by atoms with E-state index < -0.39 is 0 Å². The summed E-state index contributed by atoms with van der Waals surface area (Å²) in [5.41, 5.74) is 1.98. The first kappa shape index (κ1) is 12.8. The predicted octanol–water partition coefficient (Wildman–Crippen LogP) is 4.45. The van der Waals surface area contributed by atoms with E-state index in [-0.39, 0.29) is 6.73 Å². The monoisotopic (exact) mass is 275 g/mol. The Morgan fingerprint density at radius 2 is 1.89 bits per heavy atom. The average molecular weight is 276 g/mol. The van der Waals surface area contributed by atoms with Crippen molar-refractivity contribution in [2.24, 2.45) is 4.99 Å². The van der Waals surface area contributed by atoms with Gasteiger partial charge >= 0.3 is 0 Å². The highest BCUT2D eigenvalue weighted by molar-refractivity contribution is 7.78. The highest BCUT2D eigenvalue weighted by atomic mass is 35.5. The van der Waals surface area contributed by atoms with E-state index in [2.05, 4.69) is 22.4 Å². The molecular weight excluding hydrogens is 266 g/mol. The summed E-state index contributed by atoms with van der Waals surface area (Å²) >= 11 is 10.8. The molecule has 0 N–H and O–H groups in total. The van der Waals surface area contributed by atoms with Gasteiger partial charge in [-0.15, -0.1) is 0 Å². The van der Waals surface area contributed by atoms with Crippen molar-refractivity contribution in [3.63, 3.8) is 0 Å². The first-order valence-electron chi connectivity index (χ1n) is 5.33. The van der Waals surface area contributed by atoms with Crippen LogP contribution in [-0.4, -0.2) is 11.9 Å². The van der Waals surface area contributed by atoms with Crippen molar-refractivity contribution in [3.05, 3.63) is 53.6 Å². The number of thiocarbonyl (C=S) groups is 1. The summed E-state index contributed by atoms with van der Waals surface area (Å²) in [4.78, 5) is 3.69. The van der Waals surface area contributed by atoms with Gasteiger partial charge in [-0.05, 0) is 23.8 Å². The third-order valence-corrected chi connectivity index (χ3v) is 2.92. The van der Waals surface area contributed by atoms with E-state index in [0.29, 0.717) is 10.8 Å². The number of benzene rings is 2. The Bertz CT molecular complexity index is 580. The Balaban J connectivity index is 2.33. The number of hydrogen-bond acceptors (Lipinski definition) is 3. The van der Waals surface area contributed by atoms with Crippen molar-refractivity contribution < 1.29 is 4.74 Å². The Labute approximate surface area is 116 Å². The summed E-state index contributed by atoms with van der Waals surface area (Å²) in [7, 11) is 0. The van der Waals surface area contributed by atoms with Gasteiger partial charge in [-0.1, -0.05) is 54.1 Å². The lowest BCUT2D eigenvalue weighted by atomic mass is 10.1. The fourth-order valence-electron chi connectivity index (χ4n) is 1.59. The highest BCUT2D eigenvalue weighted by Gasteiger charge is 2.08. The molecule has 0 aromatic heterocycles. The number of halogens is 1. The van der Waals surface area contributed by atoms with Gasteiger partial charge in [-0.3, -0.25) is 0 Å². The molecule has 0 atom stereocenters. The molecule has 0 heterocycles. The number of rotatable bonds is 4. The summed E-state index contributed by atoms with van der Waals surface area (Å²) in [5, 5.41) is 2.82. The normalized spacial score (nSPS) is 9.61. The second-order valence-electron chi connectivity index (χ2n) is 3.51. The van der Waals surface area contributed by atoms with Crippen LogP contribution >= 0.6 is 23.8 Å². The Morgan fingerprint density at radius 1 is 1.11 bits per heavy atom. The van der Waals surface area contributed by atoms with E-state index in [1.807, 2.05) is 42.5 Å². The molecule has 18 heavy (non-hydrogen) atoms. The minimum atomic E-state index is 0.126. The van der Waals surface area contributed by atoms with Gasteiger partial charge in [0.25, 0.3) is 0 Å². The van der Waals surface area contributed by atoms with Gasteiger partial charge in [0, 0.05) is 5.56 Å². The largest absolute Gasteiger partial charge is 0.469 e. The Kier molecular flexibility index (Phi) is 4.48. The molecule has 0 fully saturated rings. The molecule has 90 valence electrons. The zero-order valence-corrected chi connectivity index (χ0v) is 11.0.